The van der Waals surface area contributed by atoms with Gasteiger partial charge in [0, 0.05) is 70.2 Å². The molecule has 0 radical (unpaired) electrons. The van der Waals surface area contributed by atoms with Crippen LogP contribution in [-0.2, 0) is 4.79 Å². The topological polar surface area (TPSA) is 60.0 Å². The number of aromatic nitrogens is 1. The van der Waals surface area contributed by atoms with E-state index >= 15 is 0 Å². The molecule has 2 bridgehead atoms. The molecule has 7 nitrogen and oxygen atoms in total. The van der Waals surface area contributed by atoms with Crippen LogP contribution < -0.4 is 9.80 Å². The molecule has 4 aliphatic heterocycles. The highest BCUT2D eigenvalue weighted by Gasteiger charge is 2.44. The average molecular weight is 478 g/mol. The fraction of sp³-hybridized carbons (Fsp3) is 0.519. The summed E-state index contributed by atoms with van der Waals surface area (Å²) in [5.74, 6) is 2.03. The lowest BCUT2D eigenvalue weighted by atomic mass is 9.76. The maximum absolute atomic E-state index is 13.2. The molecule has 2 unspecified atom stereocenters. The standard InChI is InChI=1S/C27H32FN5O2/c28-22-5-7-23(8-6-22)30-10-12-31(13-11-30)27(35)20-4-9-25(29-15-20)32-16-19-14-21(18-32)24-2-1-3-26(34)33(24)17-19/h4-9,15,19,21,24H,1-3,10-14,16-18H2/t19?,21?,24-/m1/s1. The molecular formula is C27H32FN5O2. The van der Waals surface area contributed by atoms with Gasteiger partial charge < -0.3 is 19.6 Å². The number of hydrogen-bond donors (Lipinski definition) is 0. The smallest absolute Gasteiger partial charge is 0.255 e. The van der Waals surface area contributed by atoms with Crippen LogP contribution in [0.4, 0.5) is 15.9 Å². The molecule has 4 aliphatic rings. The quantitative estimate of drug-likeness (QED) is 0.680. The molecular weight excluding hydrogens is 445 g/mol. The number of nitrogens with zero attached hydrogens (tertiary/aromatic N) is 5. The largest absolute Gasteiger partial charge is 0.368 e. The maximum Gasteiger partial charge on any atom is 0.255 e. The van der Waals surface area contributed by atoms with Crippen LogP contribution in [0.2, 0.25) is 0 Å². The van der Waals surface area contributed by atoms with E-state index in [0.717, 1.165) is 57.1 Å². The summed E-state index contributed by atoms with van der Waals surface area (Å²) < 4.78 is 13.2. The molecule has 35 heavy (non-hydrogen) atoms. The molecule has 0 spiro atoms. The molecule has 0 aliphatic carbocycles. The third-order valence-corrected chi connectivity index (χ3v) is 8.26. The lowest BCUT2D eigenvalue weighted by molar-refractivity contribution is -0.142. The monoisotopic (exact) mass is 477 g/mol. The van der Waals surface area contributed by atoms with Gasteiger partial charge in [0.05, 0.1) is 5.56 Å². The zero-order valence-electron chi connectivity index (χ0n) is 20.0. The Morgan fingerprint density at radius 1 is 0.943 bits per heavy atom. The Balaban J connectivity index is 1.07. The zero-order valence-corrected chi connectivity index (χ0v) is 20.0. The number of piperazine rings is 1. The fourth-order valence-electron chi connectivity index (χ4n) is 6.50. The molecule has 5 heterocycles. The summed E-state index contributed by atoms with van der Waals surface area (Å²) >= 11 is 0. The average Bonchev–Trinajstić information content (AvgIpc) is 2.89. The van der Waals surface area contributed by atoms with Crippen molar-refractivity contribution in [1.82, 2.24) is 14.8 Å². The zero-order chi connectivity index (χ0) is 23.9. The highest BCUT2D eigenvalue weighted by molar-refractivity contribution is 5.94. The van der Waals surface area contributed by atoms with Crippen LogP contribution in [0.3, 0.4) is 0 Å². The van der Waals surface area contributed by atoms with Crippen molar-refractivity contribution in [2.45, 2.75) is 31.7 Å². The lowest BCUT2D eigenvalue weighted by Gasteiger charge is -2.52. The number of piperidine rings is 3. The molecule has 3 atom stereocenters. The van der Waals surface area contributed by atoms with Crippen molar-refractivity contribution in [3.05, 3.63) is 54.0 Å². The van der Waals surface area contributed by atoms with E-state index in [1.54, 1.807) is 18.3 Å². The second kappa shape index (κ2) is 9.13. The summed E-state index contributed by atoms with van der Waals surface area (Å²) in [5, 5.41) is 0. The van der Waals surface area contributed by atoms with Gasteiger partial charge in [-0.1, -0.05) is 0 Å². The molecule has 2 aromatic rings. The fourth-order valence-corrected chi connectivity index (χ4v) is 6.50. The van der Waals surface area contributed by atoms with Gasteiger partial charge in [0.1, 0.15) is 11.6 Å². The summed E-state index contributed by atoms with van der Waals surface area (Å²) in [6.07, 6.45) is 5.74. The second-order valence-electron chi connectivity index (χ2n) is 10.4. The van der Waals surface area contributed by atoms with Gasteiger partial charge in [-0.3, -0.25) is 9.59 Å². The van der Waals surface area contributed by atoms with Crippen LogP contribution in [0, 0.1) is 17.7 Å². The van der Waals surface area contributed by atoms with Gasteiger partial charge >= 0.3 is 0 Å². The third kappa shape index (κ3) is 4.34. The van der Waals surface area contributed by atoms with E-state index in [2.05, 4.69) is 19.7 Å². The number of fused-ring (bicyclic) bond motifs is 4. The second-order valence-corrected chi connectivity index (χ2v) is 10.4. The van der Waals surface area contributed by atoms with Gasteiger partial charge in [-0.05, 0) is 67.5 Å². The van der Waals surface area contributed by atoms with Crippen LogP contribution in [0.1, 0.15) is 36.0 Å². The molecule has 1 aromatic carbocycles. The number of pyridine rings is 1. The normalized spacial score (nSPS) is 26.5. The minimum atomic E-state index is -0.239. The molecule has 0 N–H and O–H groups in total. The highest BCUT2D eigenvalue weighted by atomic mass is 19.1. The number of rotatable bonds is 3. The Morgan fingerprint density at radius 2 is 1.74 bits per heavy atom. The number of halogens is 1. The Bertz CT molecular complexity index is 1080. The first-order chi connectivity index (χ1) is 17.0. The maximum atomic E-state index is 13.2. The van der Waals surface area contributed by atoms with Crippen LogP contribution >= 0.6 is 0 Å². The minimum Gasteiger partial charge on any atom is -0.368 e. The number of hydrogen-bond acceptors (Lipinski definition) is 5. The summed E-state index contributed by atoms with van der Waals surface area (Å²) in [6.45, 7) is 5.42. The molecule has 4 saturated heterocycles. The molecule has 0 saturated carbocycles. The molecule has 1 aromatic heterocycles. The summed E-state index contributed by atoms with van der Waals surface area (Å²) in [6, 6.07) is 10.8. The van der Waals surface area contributed by atoms with Gasteiger partial charge in [0.25, 0.3) is 5.91 Å². The Kier molecular flexibility index (Phi) is 5.82. The van der Waals surface area contributed by atoms with Gasteiger partial charge in [0.15, 0.2) is 0 Å². The van der Waals surface area contributed by atoms with E-state index in [1.807, 2.05) is 17.0 Å². The molecule has 184 valence electrons. The first kappa shape index (κ1) is 22.3. The van der Waals surface area contributed by atoms with Crippen molar-refractivity contribution in [3.63, 3.8) is 0 Å². The van der Waals surface area contributed by atoms with Crippen LogP contribution in [0.25, 0.3) is 0 Å². The molecule has 8 heteroatoms. The summed E-state index contributed by atoms with van der Waals surface area (Å²) in [5.41, 5.74) is 1.60. The molecule has 6 rings (SSSR count). The van der Waals surface area contributed by atoms with E-state index in [4.69, 9.17) is 0 Å². The van der Waals surface area contributed by atoms with Crippen molar-refractivity contribution in [2.24, 2.45) is 11.8 Å². The van der Waals surface area contributed by atoms with E-state index in [0.29, 0.717) is 48.9 Å². The highest BCUT2D eigenvalue weighted by Crippen LogP contribution is 2.38. The molecule has 4 fully saturated rings. The predicted octanol–water partition coefficient (Wildman–Crippen LogP) is 3.02. The summed E-state index contributed by atoms with van der Waals surface area (Å²) in [4.78, 5) is 38.7. The van der Waals surface area contributed by atoms with Gasteiger partial charge in [-0.2, -0.15) is 0 Å². The number of benzene rings is 1. The van der Waals surface area contributed by atoms with Crippen molar-refractivity contribution in [1.29, 1.82) is 0 Å². The SMILES string of the molecule is O=C(c1ccc(N2CC3CC(C2)[C@H]2CCCC(=O)N2C3)nc1)N1CCN(c2ccc(F)cc2)CC1. The van der Waals surface area contributed by atoms with Gasteiger partial charge in [-0.25, -0.2) is 9.37 Å². The van der Waals surface area contributed by atoms with Gasteiger partial charge in [0.2, 0.25) is 5.91 Å². The third-order valence-electron chi connectivity index (χ3n) is 8.26. The minimum absolute atomic E-state index is 0.00896. The Morgan fingerprint density at radius 3 is 2.49 bits per heavy atom. The number of anilines is 2. The van der Waals surface area contributed by atoms with Crippen molar-refractivity contribution in [3.8, 4) is 0 Å². The summed E-state index contributed by atoms with van der Waals surface area (Å²) in [7, 11) is 0. The van der Waals surface area contributed by atoms with Gasteiger partial charge in [-0.15, -0.1) is 0 Å². The lowest BCUT2D eigenvalue weighted by Crippen LogP contribution is -2.60. The van der Waals surface area contributed by atoms with E-state index < -0.39 is 0 Å². The van der Waals surface area contributed by atoms with Crippen LogP contribution in [0.5, 0.6) is 0 Å². The Hall–Kier alpha value is -3.16. The molecule has 2 amide bonds. The van der Waals surface area contributed by atoms with Crippen molar-refractivity contribution >= 4 is 23.3 Å². The number of carbonyl (C=O) groups excluding carboxylic acids is 2. The van der Waals surface area contributed by atoms with Crippen LogP contribution in [0.15, 0.2) is 42.6 Å². The number of carbonyl (C=O) groups is 2. The van der Waals surface area contributed by atoms with Crippen molar-refractivity contribution < 1.29 is 14.0 Å². The Labute approximate surface area is 205 Å². The van der Waals surface area contributed by atoms with E-state index in [-0.39, 0.29) is 11.7 Å². The first-order valence-electron chi connectivity index (χ1n) is 12.9. The predicted molar refractivity (Wildman–Crippen MR) is 132 cm³/mol. The van der Waals surface area contributed by atoms with Crippen molar-refractivity contribution in [2.75, 3.05) is 55.6 Å². The van der Waals surface area contributed by atoms with E-state index in [9.17, 15) is 14.0 Å². The number of amides is 2. The van der Waals surface area contributed by atoms with Crippen LogP contribution in [-0.4, -0.2) is 78.5 Å². The first-order valence-corrected chi connectivity index (χ1v) is 12.9. The van der Waals surface area contributed by atoms with E-state index in [1.165, 1.54) is 18.6 Å².